The van der Waals surface area contributed by atoms with Crippen LogP contribution in [0.25, 0.3) is 0 Å². The van der Waals surface area contributed by atoms with E-state index in [9.17, 15) is 14.4 Å². The van der Waals surface area contributed by atoms with Gasteiger partial charge in [-0.15, -0.1) is 0 Å². The van der Waals surface area contributed by atoms with Crippen LogP contribution < -0.4 is 16.0 Å². The van der Waals surface area contributed by atoms with Gasteiger partial charge in [0.1, 0.15) is 11.9 Å². The number of piperazine rings is 1. The lowest BCUT2D eigenvalue weighted by molar-refractivity contribution is -0.132. The fraction of sp³-hybridized carbons (Fsp3) is 0.611. The lowest BCUT2D eigenvalue weighted by atomic mass is 9.95. The molecule has 0 aromatic carbocycles. The molecule has 0 radical (unpaired) electrons. The monoisotopic (exact) mass is 374 g/mol. The van der Waals surface area contributed by atoms with Gasteiger partial charge in [-0.3, -0.25) is 9.59 Å². The minimum absolute atomic E-state index is 0.0653. The summed E-state index contributed by atoms with van der Waals surface area (Å²) in [6, 6.07) is -1.21. The lowest BCUT2D eigenvalue weighted by Crippen LogP contribution is -2.60. The molecule has 146 valence electrons. The van der Waals surface area contributed by atoms with Crippen LogP contribution in [0.1, 0.15) is 42.0 Å². The Morgan fingerprint density at radius 2 is 2.04 bits per heavy atom. The molecule has 1 fully saturated rings. The zero-order valence-electron chi connectivity index (χ0n) is 15.8. The third-order valence-corrected chi connectivity index (χ3v) is 5.08. The Hall–Kier alpha value is -2.71. The molecule has 1 unspecified atom stereocenters. The molecule has 2 aliphatic rings. The van der Waals surface area contributed by atoms with Crippen LogP contribution in [0.4, 0.5) is 4.79 Å². The third-order valence-electron chi connectivity index (χ3n) is 5.08. The number of aryl methyl sites for hydroxylation is 2. The molecule has 4 amide bonds. The maximum atomic E-state index is 12.6. The van der Waals surface area contributed by atoms with Gasteiger partial charge in [-0.1, -0.05) is 0 Å². The van der Waals surface area contributed by atoms with Crippen molar-refractivity contribution in [1.29, 1.82) is 0 Å². The van der Waals surface area contributed by atoms with Crippen molar-refractivity contribution in [3.63, 3.8) is 0 Å². The largest absolute Gasteiger partial charge is 0.359 e. The molecule has 9 heteroatoms. The summed E-state index contributed by atoms with van der Waals surface area (Å²) in [7, 11) is 1.50. The number of fused-ring (bicyclic) bond motifs is 1. The van der Waals surface area contributed by atoms with Gasteiger partial charge in [0.2, 0.25) is 11.8 Å². The molecular weight excluding hydrogens is 348 g/mol. The fourth-order valence-corrected chi connectivity index (χ4v) is 3.62. The second kappa shape index (κ2) is 8.32. The highest BCUT2D eigenvalue weighted by Gasteiger charge is 2.34. The van der Waals surface area contributed by atoms with Crippen LogP contribution in [0.2, 0.25) is 0 Å². The van der Waals surface area contributed by atoms with Crippen LogP contribution in [-0.4, -0.2) is 58.9 Å². The molecular formula is C18H26N6O3. The summed E-state index contributed by atoms with van der Waals surface area (Å²) in [5.74, 6) is -0.0322. The van der Waals surface area contributed by atoms with Crippen molar-refractivity contribution in [3.05, 3.63) is 22.8 Å². The summed E-state index contributed by atoms with van der Waals surface area (Å²) in [6.07, 6.45) is 4.18. The standard InChI is InChI=1S/C18H26N6O3/c1-11-12-5-3-4-6-13(12)23-15(22-11)10-21-18(27)24-8-7-20-17(26)14(24)9-16(25)19-2/h14H,3-10H2,1-2H3,(H,19,25)(H,20,26)(H,21,27). The number of carbonyl (C=O) groups excluding carboxylic acids is 3. The van der Waals surface area contributed by atoms with Gasteiger partial charge in [-0.05, 0) is 38.2 Å². The third kappa shape index (κ3) is 4.35. The highest BCUT2D eigenvalue weighted by atomic mass is 16.2. The molecule has 1 saturated heterocycles. The van der Waals surface area contributed by atoms with Gasteiger partial charge in [0.25, 0.3) is 0 Å². The summed E-state index contributed by atoms with van der Waals surface area (Å²) in [5, 5.41) is 7.98. The Morgan fingerprint density at radius 1 is 1.26 bits per heavy atom. The van der Waals surface area contributed by atoms with Crippen LogP contribution in [0, 0.1) is 6.92 Å². The first-order valence-corrected chi connectivity index (χ1v) is 9.37. The molecule has 2 heterocycles. The summed E-state index contributed by atoms with van der Waals surface area (Å²) in [4.78, 5) is 46.9. The van der Waals surface area contributed by atoms with Gasteiger partial charge >= 0.3 is 6.03 Å². The number of nitrogens with zero attached hydrogens (tertiary/aromatic N) is 3. The molecule has 27 heavy (non-hydrogen) atoms. The minimum Gasteiger partial charge on any atom is -0.359 e. The topological polar surface area (TPSA) is 116 Å². The molecule has 9 nitrogen and oxygen atoms in total. The van der Waals surface area contributed by atoms with E-state index in [1.807, 2.05) is 6.92 Å². The van der Waals surface area contributed by atoms with Gasteiger partial charge in [-0.2, -0.15) is 0 Å². The molecule has 1 aromatic rings. The molecule has 1 atom stereocenters. The smallest absolute Gasteiger partial charge is 0.318 e. The Bertz CT molecular complexity index is 751. The Balaban J connectivity index is 1.66. The molecule has 3 N–H and O–H groups in total. The Kier molecular flexibility index (Phi) is 5.88. The van der Waals surface area contributed by atoms with Crippen LogP contribution in [-0.2, 0) is 29.0 Å². The summed E-state index contributed by atoms with van der Waals surface area (Å²) >= 11 is 0. The number of amides is 4. The Morgan fingerprint density at radius 3 is 2.81 bits per heavy atom. The maximum absolute atomic E-state index is 12.6. The predicted octanol–water partition coefficient (Wildman–Crippen LogP) is -0.190. The zero-order chi connectivity index (χ0) is 19.4. The Labute approximate surface area is 158 Å². The number of carbonyl (C=O) groups is 3. The van der Waals surface area contributed by atoms with Crippen molar-refractivity contribution in [2.24, 2.45) is 0 Å². The molecule has 3 rings (SSSR count). The minimum atomic E-state index is -0.815. The summed E-state index contributed by atoms with van der Waals surface area (Å²) in [5.41, 5.74) is 3.28. The molecule has 1 aliphatic heterocycles. The lowest BCUT2D eigenvalue weighted by Gasteiger charge is -2.34. The van der Waals surface area contributed by atoms with Gasteiger partial charge < -0.3 is 20.9 Å². The number of rotatable bonds is 4. The van der Waals surface area contributed by atoms with Gasteiger partial charge in [0, 0.05) is 31.5 Å². The van der Waals surface area contributed by atoms with E-state index >= 15 is 0 Å². The number of hydrogen-bond acceptors (Lipinski definition) is 5. The first-order chi connectivity index (χ1) is 13.0. The predicted molar refractivity (Wildman–Crippen MR) is 97.8 cm³/mol. The number of aromatic nitrogens is 2. The van der Waals surface area contributed by atoms with E-state index in [2.05, 4.69) is 25.9 Å². The number of nitrogens with one attached hydrogen (secondary N) is 3. The zero-order valence-corrected chi connectivity index (χ0v) is 15.8. The average Bonchev–Trinajstić information content (AvgIpc) is 2.67. The summed E-state index contributed by atoms with van der Waals surface area (Å²) < 4.78 is 0. The normalized spacial score (nSPS) is 19.1. The molecule has 1 aromatic heterocycles. The molecule has 0 spiro atoms. The first-order valence-electron chi connectivity index (χ1n) is 9.37. The quantitative estimate of drug-likeness (QED) is 0.675. The fourth-order valence-electron chi connectivity index (χ4n) is 3.62. The van der Waals surface area contributed by atoms with E-state index in [4.69, 9.17) is 0 Å². The second-order valence-electron chi connectivity index (χ2n) is 6.89. The van der Waals surface area contributed by atoms with Crippen molar-refractivity contribution in [2.75, 3.05) is 20.1 Å². The highest BCUT2D eigenvalue weighted by Crippen LogP contribution is 2.21. The van der Waals surface area contributed by atoms with Crippen LogP contribution in [0.3, 0.4) is 0 Å². The SMILES string of the molecule is CNC(=O)CC1C(=O)NCCN1C(=O)NCc1nc(C)c2c(n1)CCCC2. The molecule has 0 saturated carbocycles. The average molecular weight is 374 g/mol. The molecule has 0 bridgehead atoms. The maximum Gasteiger partial charge on any atom is 0.318 e. The van der Waals surface area contributed by atoms with E-state index in [-0.39, 0.29) is 24.8 Å². The van der Waals surface area contributed by atoms with Crippen LogP contribution in [0.5, 0.6) is 0 Å². The van der Waals surface area contributed by atoms with E-state index in [1.165, 1.54) is 17.5 Å². The van der Waals surface area contributed by atoms with E-state index in [0.29, 0.717) is 18.9 Å². The van der Waals surface area contributed by atoms with E-state index < -0.39 is 12.1 Å². The van der Waals surface area contributed by atoms with Gasteiger partial charge in [-0.25, -0.2) is 14.8 Å². The second-order valence-corrected chi connectivity index (χ2v) is 6.89. The van der Waals surface area contributed by atoms with Crippen molar-refractivity contribution < 1.29 is 14.4 Å². The first kappa shape index (κ1) is 19.1. The number of hydrogen-bond donors (Lipinski definition) is 3. The highest BCUT2D eigenvalue weighted by molar-refractivity contribution is 5.92. The van der Waals surface area contributed by atoms with Crippen LogP contribution >= 0.6 is 0 Å². The number of urea groups is 1. The van der Waals surface area contributed by atoms with Gasteiger partial charge in [0.05, 0.1) is 13.0 Å². The molecule has 1 aliphatic carbocycles. The van der Waals surface area contributed by atoms with Crippen molar-refractivity contribution >= 4 is 17.8 Å². The van der Waals surface area contributed by atoms with Crippen LogP contribution in [0.15, 0.2) is 0 Å². The van der Waals surface area contributed by atoms with E-state index in [0.717, 1.165) is 37.1 Å². The van der Waals surface area contributed by atoms with Crippen molar-refractivity contribution in [1.82, 2.24) is 30.8 Å². The van der Waals surface area contributed by atoms with Gasteiger partial charge in [0.15, 0.2) is 0 Å². The summed E-state index contributed by atoms with van der Waals surface area (Å²) in [6.45, 7) is 2.89. The van der Waals surface area contributed by atoms with E-state index in [1.54, 1.807) is 0 Å². The van der Waals surface area contributed by atoms with Crippen molar-refractivity contribution in [3.8, 4) is 0 Å². The van der Waals surface area contributed by atoms with Crippen molar-refractivity contribution in [2.45, 2.75) is 51.6 Å².